The minimum Gasteiger partial charge on any atom is -0.475 e. The monoisotopic (exact) mass is 252 g/mol. The van der Waals surface area contributed by atoms with Crippen LogP contribution in [0.15, 0.2) is 16.7 Å². The van der Waals surface area contributed by atoms with Gasteiger partial charge >= 0.3 is 5.97 Å². The summed E-state index contributed by atoms with van der Waals surface area (Å²) in [5.74, 6) is -0.288. The summed E-state index contributed by atoms with van der Waals surface area (Å²) < 4.78 is 4.94. The van der Waals surface area contributed by atoms with Crippen molar-refractivity contribution in [1.82, 2.24) is 10.2 Å². The van der Waals surface area contributed by atoms with Crippen LogP contribution in [0.3, 0.4) is 0 Å². The van der Waals surface area contributed by atoms with E-state index in [1.165, 1.54) is 19.2 Å². The molecule has 1 atom stereocenters. The molecule has 2 rings (SSSR count). The highest BCUT2D eigenvalue weighted by atomic mass is 16.4. The third kappa shape index (κ3) is 3.11. The van der Waals surface area contributed by atoms with Gasteiger partial charge in [0, 0.05) is 18.7 Å². The Morgan fingerprint density at radius 2 is 2.50 bits per heavy atom. The zero-order chi connectivity index (χ0) is 13.0. The quantitative estimate of drug-likeness (QED) is 0.801. The standard InChI is InChI=1S/C13H20N2O3/c1-2-15-5-3-10(9-15)7-14-8-11-4-6-18-12(11)13(16)17/h4,6,10,14H,2-3,5,7-9H2,1H3,(H,16,17). The normalized spacial score (nSPS) is 20.4. The maximum Gasteiger partial charge on any atom is 0.372 e. The topological polar surface area (TPSA) is 65.7 Å². The molecule has 1 aliphatic rings. The first kappa shape index (κ1) is 13.1. The Labute approximate surface area is 107 Å². The summed E-state index contributed by atoms with van der Waals surface area (Å²) in [4.78, 5) is 13.3. The number of nitrogens with zero attached hydrogens (tertiary/aromatic N) is 1. The molecule has 5 nitrogen and oxygen atoms in total. The molecule has 0 bridgehead atoms. The molecule has 1 saturated heterocycles. The summed E-state index contributed by atoms with van der Waals surface area (Å²) >= 11 is 0. The number of hydrogen-bond donors (Lipinski definition) is 2. The van der Waals surface area contributed by atoms with Gasteiger partial charge in [0.25, 0.3) is 0 Å². The van der Waals surface area contributed by atoms with Gasteiger partial charge in [-0.2, -0.15) is 0 Å². The van der Waals surface area contributed by atoms with E-state index in [2.05, 4.69) is 17.1 Å². The molecule has 1 aromatic heterocycles. The molecule has 1 fully saturated rings. The number of furan rings is 1. The third-order valence-electron chi connectivity index (χ3n) is 3.51. The molecule has 0 amide bonds. The first-order chi connectivity index (χ1) is 8.70. The molecule has 1 aromatic rings. The van der Waals surface area contributed by atoms with Gasteiger partial charge in [0.1, 0.15) is 0 Å². The van der Waals surface area contributed by atoms with E-state index in [-0.39, 0.29) is 5.76 Å². The smallest absolute Gasteiger partial charge is 0.372 e. The lowest BCUT2D eigenvalue weighted by Gasteiger charge is -2.13. The highest BCUT2D eigenvalue weighted by Crippen LogP contribution is 2.15. The number of hydrogen-bond acceptors (Lipinski definition) is 4. The second-order valence-electron chi connectivity index (χ2n) is 4.76. The van der Waals surface area contributed by atoms with Crippen LogP contribution in [0.5, 0.6) is 0 Å². The zero-order valence-electron chi connectivity index (χ0n) is 10.7. The molecule has 1 aliphatic heterocycles. The molecule has 1 unspecified atom stereocenters. The number of likely N-dealkylation sites (tertiary alicyclic amines) is 1. The molecule has 0 aromatic carbocycles. The average Bonchev–Trinajstić information content (AvgIpc) is 2.97. The van der Waals surface area contributed by atoms with Crippen molar-refractivity contribution in [1.29, 1.82) is 0 Å². The molecule has 100 valence electrons. The number of carboxylic acids is 1. The van der Waals surface area contributed by atoms with Crippen molar-refractivity contribution in [2.45, 2.75) is 19.9 Å². The van der Waals surface area contributed by atoms with Gasteiger partial charge in [0.05, 0.1) is 6.26 Å². The molecule has 0 aliphatic carbocycles. The Hall–Kier alpha value is -1.33. The van der Waals surface area contributed by atoms with Gasteiger partial charge in [0.2, 0.25) is 5.76 Å². The summed E-state index contributed by atoms with van der Waals surface area (Å²) in [6, 6.07) is 1.71. The molecule has 2 N–H and O–H groups in total. The Balaban J connectivity index is 1.75. The van der Waals surface area contributed by atoms with Gasteiger partial charge in [-0.1, -0.05) is 6.92 Å². The third-order valence-corrected chi connectivity index (χ3v) is 3.51. The van der Waals surface area contributed by atoms with Crippen LogP contribution in [0.2, 0.25) is 0 Å². The van der Waals surface area contributed by atoms with E-state index >= 15 is 0 Å². The van der Waals surface area contributed by atoms with Crippen molar-refractivity contribution in [3.8, 4) is 0 Å². The molecule has 2 heterocycles. The SMILES string of the molecule is CCN1CCC(CNCc2ccoc2C(=O)O)C1. The summed E-state index contributed by atoms with van der Waals surface area (Å²) in [7, 11) is 0. The number of carboxylic acid groups (broad SMARTS) is 1. The van der Waals surface area contributed by atoms with Gasteiger partial charge in [0.15, 0.2) is 0 Å². The molecule has 0 radical (unpaired) electrons. The Morgan fingerprint density at radius 1 is 1.67 bits per heavy atom. The van der Waals surface area contributed by atoms with E-state index in [0.717, 1.165) is 19.6 Å². The lowest BCUT2D eigenvalue weighted by molar-refractivity contribution is 0.0660. The van der Waals surface area contributed by atoms with Crippen LogP contribution in [0.25, 0.3) is 0 Å². The number of nitrogens with one attached hydrogen (secondary N) is 1. The van der Waals surface area contributed by atoms with E-state index in [0.29, 0.717) is 18.0 Å². The highest BCUT2D eigenvalue weighted by Gasteiger charge is 2.21. The maximum absolute atomic E-state index is 10.9. The Kier molecular flexibility index (Phi) is 4.38. The fourth-order valence-electron chi connectivity index (χ4n) is 2.44. The van der Waals surface area contributed by atoms with Crippen molar-refractivity contribution in [3.63, 3.8) is 0 Å². The van der Waals surface area contributed by atoms with Crippen LogP contribution >= 0.6 is 0 Å². The van der Waals surface area contributed by atoms with Crippen molar-refractivity contribution >= 4 is 5.97 Å². The van der Waals surface area contributed by atoms with Crippen LogP contribution < -0.4 is 5.32 Å². The van der Waals surface area contributed by atoms with E-state index in [1.807, 2.05) is 0 Å². The Morgan fingerprint density at radius 3 is 3.17 bits per heavy atom. The number of carbonyl (C=O) groups is 1. The minimum atomic E-state index is -1.00. The lowest BCUT2D eigenvalue weighted by atomic mass is 10.1. The van der Waals surface area contributed by atoms with Crippen molar-refractivity contribution in [3.05, 3.63) is 23.7 Å². The molecule has 18 heavy (non-hydrogen) atoms. The summed E-state index contributed by atoms with van der Waals surface area (Å²) in [6.45, 7) is 7.10. The Bertz CT molecular complexity index is 403. The largest absolute Gasteiger partial charge is 0.475 e. The van der Waals surface area contributed by atoms with Crippen molar-refractivity contribution < 1.29 is 14.3 Å². The van der Waals surface area contributed by atoms with Gasteiger partial charge in [-0.05, 0) is 38.0 Å². The minimum absolute atomic E-state index is 0.0455. The first-order valence-electron chi connectivity index (χ1n) is 6.43. The molecule has 0 saturated carbocycles. The fourth-order valence-corrected chi connectivity index (χ4v) is 2.44. The summed E-state index contributed by atoms with van der Waals surface area (Å²) in [5.41, 5.74) is 0.716. The van der Waals surface area contributed by atoms with E-state index in [4.69, 9.17) is 9.52 Å². The van der Waals surface area contributed by atoms with Crippen molar-refractivity contribution in [2.24, 2.45) is 5.92 Å². The van der Waals surface area contributed by atoms with Gasteiger partial charge in [-0.25, -0.2) is 4.79 Å². The number of rotatable bonds is 6. The van der Waals surface area contributed by atoms with Gasteiger partial charge < -0.3 is 19.7 Å². The molecular formula is C13H20N2O3. The lowest BCUT2D eigenvalue weighted by Crippen LogP contribution is -2.26. The first-order valence-corrected chi connectivity index (χ1v) is 6.43. The van der Waals surface area contributed by atoms with Crippen LogP contribution in [0.1, 0.15) is 29.5 Å². The molecule has 5 heteroatoms. The zero-order valence-corrected chi connectivity index (χ0v) is 10.7. The van der Waals surface area contributed by atoms with E-state index < -0.39 is 5.97 Å². The van der Waals surface area contributed by atoms with Gasteiger partial charge in [-0.3, -0.25) is 0 Å². The maximum atomic E-state index is 10.9. The summed E-state index contributed by atoms with van der Waals surface area (Å²) in [5, 5.41) is 12.2. The predicted molar refractivity (Wildman–Crippen MR) is 67.6 cm³/mol. The second kappa shape index (κ2) is 6.02. The summed E-state index contributed by atoms with van der Waals surface area (Å²) in [6.07, 6.45) is 2.65. The van der Waals surface area contributed by atoms with Gasteiger partial charge in [-0.15, -0.1) is 0 Å². The van der Waals surface area contributed by atoms with Crippen LogP contribution in [0, 0.1) is 5.92 Å². The number of aromatic carboxylic acids is 1. The molecule has 0 spiro atoms. The van der Waals surface area contributed by atoms with E-state index in [9.17, 15) is 4.79 Å². The fraction of sp³-hybridized carbons (Fsp3) is 0.615. The average molecular weight is 252 g/mol. The van der Waals surface area contributed by atoms with E-state index in [1.54, 1.807) is 6.07 Å². The van der Waals surface area contributed by atoms with Crippen LogP contribution in [-0.4, -0.2) is 42.2 Å². The highest BCUT2D eigenvalue weighted by molar-refractivity contribution is 5.86. The molecular weight excluding hydrogens is 232 g/mol. The predicted octanol–water partition coefficient (Wildman–Crippen LogP) is 1.41. The second-order valence-corrected chi connectivity index (χ2v) is 4.76. The van der Waals surface area contributed by atoms with Crippen LogP contribution in [0.4, 0.5) is 0 Å². The van der Waals surface area contributed by atoms with Crippen LogP contribution in [-0.2, 0) is 6.54 Å². The van der Waals surface area contributed by atoms with Crippen molar-refractivity contribution in [2.75, 3.05) is 26.2 Å².